The summed E-state index contributed by atoms with van der Waals surface area (Å²) in [4.78, 5) is 0. The predicted octanol–water partition coefficient (Wildman–Crippen LogP) is 7.27. The number of halogens is 9. The molecule has 1 nitrogen and oxygen atoms in total. The van der Waals surface area contributed by atoms with Gasteiger partial charge in [0.05, 0.1) is 11.5 Å². The molecular formula is C19H13F9O. The van der Waals surface area contributed by atoms with Crippen LogP contribution in [0, 0.1) is 6.92 Å². The van der Waals surface area contributed by atoms with Gasteiger partial charge in [0, 0.05) is 0 Å². The molecule has 0 aliphatic heterocycles. The van der Waals surface area contributed by atoms with Crippen LogP contribution in [0.25, 0.3) is 6.08 Å². The average Bonchev–Trinajstić information content (AvgIpc) is 2.53. The zero-order valence-electron chi connectivity index (χ0n) is 14.6. The highest BCUT2D eigenvalue weighted by molar-refractivity contribution is 5.54. The van der Waals surface area contributed by atoms with Crippen molar-refractivity contribution in [3.8, 4) is 5.75 Å². The molecule has 2 aromatic rings. The average molecular weight is 428 g/mol. The van der Waals surface area contributed by atoms with E-state index in [0.29, 0.717) is 18.2 Å². The van der Waals surface area contributed by atoms with Crippen molar-refractivity contribution in [1.29, 1.82) is 0 Å². The van der Waals surface area contributed by atoms with Gasteiger partial charge in [-0.25, -0.2) is 0 Å². The zero-order chi connectivity index (χ0) is 22.0. The number of ether oxygens (including phenoxy) is 1. The molecule has 0 spiro atoms. The van der Waals surface area contributed by atoms with Crippen molar-refractivity contribution in [3.63, 3.8) is 0 Å². The van der Waals surface area contributed by atoms with Crippen molar-refractivity contribution in [3.05, 3.63) is 70.8 Å². The molecule has 0 amide bonds. The fraction of sp³-hybridized carbons (Fsp3) is 0.263. The molecule has 1 atom stereocenters. The van der Waals surface area contributed by atoms with Crippen molar-refractivity contribution in [2.75, 3.05) is 0 Å². The lowest BCUT2D eigenvalue weighted by Gasteiger charge is -2.18. The second-order valence-electron chi connectivity index (χ2n) is 6.07. The summed E-state index contributed by atoms with van der Waals surface area (Å²) in [5.74, 6) is -3.19. The molecule has 1 unspecified atom stereocenters. The summed E-state index contributed by atoms with van der Waals surface area (Å²) < 4.78 is 120. The van der Waals surface area contributed by atoms with Gasteiger partial charge in [-0.15, -0.1) is 13.2 Å². The lowest BCUT2D eigenvalue weighted by atomic mass is 9.96. The minimum Gasteiger partial charge on any atom is -0.406 e. The summed E-state index contributed by atoms with van der Waals surface area (Å²) in [5.41, 5.74) is -1.79. The van der Waals surface area contributed by atoms with E-state index in [-0.39, 0.29) is 11.1 Å². The van der Waals surface area contributed by atoms with E-state index in [1.165, 1.54) is 13.0 Å². The second kappa shape index (κ2) is 8.00. The number of benzene rings is 2. The van der Waals surface area contributed by atoms with Gasteiger partial charge < -0.3 is 4.74 Å². The van der Waals surface area contributed by atoms with Gasteiger partial charge in [0.1, 0.15) is 5.75 Å². The molecule has 0 heterocycles. The van der Waals surface area contributed by atoms with Gasteiger partial charge in [0.15, 0.2) is 0 Å². The highest BCUT2D eigenvalue weighted by atomic mass is 19.4. The van der Waals surface area contributed by atoms with Crippen LogP contribution in [-0.4, -0.2) is 12.5 Å². The molecule has 158 valence electrons. The van der Waals surface area contributed by atoms with E-state index in [4.69, 9.17) is 0 Å². The van der Waals surface area contributed by atoms with Crippen LogP contribution >= 0.6 is 0 Å². The maximum Gasteiger partial charge on any atom is 0.573 e. The molecule has 2 rings (SSSR count). The molecule has 0 saturated carbocycles. The molecule has 10 heteroatoms. The van der Waals surface area contributed by atoms with E-state index >= 15 is 0 Å². The summed E-state index contributed by atoms with van der Waals surface area (Å²) in [7, 11) is 0. The Hall–Kier alpha value is -2.65. The van der Waals surface area contributed by atoms with E-state index in [1.54, 1.807) is 0 Å². The second-order valence-corrected chi connectivity index (χ2v) is 6.07. The molecule has 0 saturated heterocycles. The number of rotatable bonds is 4. The van der Waals surface area contributed by atoms with Crippen LogP contribution in [0.15, 0.2) is 48.5 Å². The third-order valence-corrected chi connectivity index (χ3v) is 3.85. The zero-order valence-corrected chi connectivity index (χ0v) is 14.6. The smallest absolute Gasteiger partial charge is 0.406 e. The minimum absolute atomic E-state index is 0.0981. The van der Waals surface area contributed by atoms with Gasteiger partial charge in [0.2, 0.25) is 0 Å². The summed E-state index contributed by atoms with van der Waals surface area (Å²) in [6, 6.07) is 6.33. The standard InChI is InChI=1S/C19H13F9O/c1-11-5-6-12(9-16(11)18(23,24)25)7-8-15(17(20,21)22)13-3-2-4-14(10-13)29-19(26,27)28/h2-10,15H,1H3/b8-7+. The molecule has 0 aliphatic carbocycles. The Bertz CT molecular complexity index is 876. The predicted molar refractivity (Wildman–Crippen MR) is 87.1 cm³/mol. The monoisotopic (exact) mass is 428 g/mol. The molecule has 0 radical (unpaired) electrons. The highest BCUT2D eigenvalue weighted by Crippen LogP contribution is 2.38. The molecule has 29 heavy (non-hydrogen) atoms. The van der Waals surface area contributed by atoms with E-state index in [1.807, 2.05) is 0 Å². The van der Waals surface area contributed by atoms with Crippen LogP contribution in [0.1, 0.15) is 28.2 Å². The normalized spacial score (nSPS) is 14.3. The van der Waals surface area contributed by atoms with Crippen LogP contribution in [0.2, 0.25) is 0 Å². The SMILES string of the molecule is Cc1ccc(/C=C/C(c2cccc(OC(F)(F)F)c2)C(F)(F)F)cc1C(F)(F)F. The summed E-state index contributed by atoms with van der Waals surface area (Å²) >= 11 is 0. The summed E-state index contributed by atoms with van der Waals surface area (Å²) in [6.45, 7) is 1.21. The van der Waals surface area contributed by atoms with Crippen LogP contribution in [-0.2, 0) is 6.18 Å². The first-order chi connectivity index (χ1) is 13.2. The van der Waals surface area contributed by atoms with Crippen LogP contribution in [0.4, 0.5) is 39.5 Å². The Morgan fingerprint density at radius 2 is 1.52 bits per heavy atom. The van der Waals surface area contributed by atoms with Crippen LogP contribution in [0.5, 0.6) is 5.75 Å². The molecule has 0 fully saturated rings. The summed E-state index contributed by atoms with van der Waals surface area (Å²) in [6.07, 6.45) is -13.2. The minimum atomic E-state index is -5.09. The molecule has 0 bridgehead atoms. The lowest BCUT2D eigenvalue weighted by molar-refractivity contribution is -0.274. The Kier molecular flexibility index (Phi) is 6.24. The molecular weight excluding hydrogens is 415 g/mol. The molecule has 0 N–H and O–H groups in total. The number of hydrogen-bond acceptors (Lipinski definition) is 1. The largest absolute Gasteiger partial charge is 0.573 e. The van der Waals surface area contributed by atoms with E-state index < -0.39 is 41.5 Å². The van der Waals surface area contributed by atoms with Gasteiger partial charge in [0.25, 0.3) is 0 Å². The first-order valence-electron chi connectivity index (χ1n) is 7.95. The first kappa shape index (κ1) is 22.6. The van der Waals surface area contributed by atoms with Gasteiger partial charge in [-0.05, 0) is 41.8 Å². The number of allylic oxidation sites excluding steroid dienone is 1. The van der Waals surface area contributed by atoms with Crippen molar-refractivity contribution in [2.24, 2.45) is 0 Å². The third kappa shape index (κ3) is 6.43. The number of hydrogen-bond donors (Lipinski definition) is 0. The molecule has 0 aliphatic rings. The van der Waals surface area contributed by atoms with Gasteiger partial charge in [-0.1, -0.05) is 36.4 Å². The lowest BCUT2D eigenvalue weighted by Crippen LogP contribution is -2.20. The number of alkyl halides is 9. The fourth-order valence-corrected chi connectivity index (χ4v) is 2.57. The fourth-order valence-electron chi connectivity index (χ4n) is 2.57. The van der Waals surface area contributed by atoms with Crippen molar-refractivity contribution < 1.29 is 44.3 Å². The van der Waals surface area contributed by atoms with E-state index in [0.717, 1.165) is 30.3 Å². The Balaban J connectivity index is 2.40. The van der Waals surface area contributed by atoms with Crippen molar-refractivity contribution in [2.45, 2.75) is 31.6 Å². The Morgan fingerprint density at radius 1 is 0.862 bits per heavy atom. The Labute approximate surface area is 159 Å². The maximum atomic E-state index is 13.4. The quantitative estimate of drug-likeness (QED) is 0.466. The van der Waals surface area contributed by atoms with Crippen LogP contribution in [0.3, 0.4) is 0 Å². The topological polar surface area (TPSA) is 9.23 Å². The first-order valence-corrected chi connectivity index (χ1v) is 7.95. The third-order valence-electron chi connectivity index (χ3n) is 3.85. The van der Waals surface area contributed by atoms with Crippen molar-refractivity contribution >= 4 is 6.08 Å². The van der Waals surface area contributed by atoms with Crippen LogP contribution < -0.4 is 4.74 Å². The highest BCUT2D eigenvalue weighted by Gasteiger charge is 2.39. The van der Waals surface area contributed by atoms with E-state index in [2.05, 4.69) is 4.74 Å². The molecule has 2 aromatic carbocycles. The van der Waals surface area contributed by atoms with Gasteiger partial charge in [-0.2, -0.15) is 26.3 Å². The van der Waals surface area contributed by atoms with E-state index in [9.17, 15) is 39.5 Å². The Morgan fingerprint density at radius 3 is 2.07 bits per heavy atom. The van der Waals surface area contributed by atoms with Gasteiger partial charge in [-0.3, -0.25) is 0 Å². The maximum absolute atomic E-state index is 13.4. The number of aryl methyl sites for hydroxylation is 1. The van der Waals surface area contributed by atoms with Gasteiger partial charge >= 0.3 is 18.7 Å². The summed E-state index contributed by atoms with van der Waals surface area (Å²) in [5, 5.41) is 0. The van der Waals surface area contributed by atoms with Crippen molar-refractivity contribution in [1.82, 2.24) is 0 Å². The molecule has 0 aromatic heterocycles.